The first kappa shape index (κ1) is 27.6. The van der Waals surface area contributed by atoms with Crippen molar-refractivity contribution in [2.45, 2.75) is 38.9 Å². The Morgan fingerprint density at radius 3 is 2.38 bits per heavy atom. The molecule has 0 aliphatic carbocycles. The van der Waals surface area contributed by atoms with E-state index in [1.54, 1.807) is 56.5 Å². The van der Waals surface area contributed by atoms with Crippen LogP contribution >= 0.6 is 0 Å². The lowest BCUT2D eigenvalue weighted by Gasteiger charge is -2.31. The number of nitrogens with one attached hydrogen (secondary N) is 2. The van der Waals surface area contributed by atoms with Crippen molar-refractivity contribution in [1.29, 1.82) is 0 Å². The van der Waals surface area contributed by atoms with Crippen LogP contribution in [-0.2, 0) is 20.9 Å². The summed E-state index contributed by atoms with van der Waals surface area (Å²) in [5.74, 6) is -1.44. The van der Waals surface area contributed by atoms with E-state index < -0.39 is 35.9 Å². The number of aryl methyl sites for hydroxylation is 1. The number of urea groups is 1. The van der Waals surface area contributed by atoms with Crippen LogP contribution in [0.5, 0.6) is 5.75 Å². The van der Waals surface area contributed by atoms with Crippen LogP contribution in [0.1, 0.15) is 36.1 Å². The molecule has 1 fully saturated rings. The maximum atomic E-state index is 13.8. The predicted molar refractivity (Wildman–Crippen MR) is 145 cm³/mol. The SMILES string of the molecule is CCOC(=O)C1CC(C(=O)NCc2ccc(F)cc2)N(C(=O)Nc2cccc(C)c2)C1c1ccc(OC)cc1. The van der Waals surface area contributed by atoms with Crippen LogP contribution in [0, 0.1) is 18.7 Å². The van der Waals surface area contributed by atoms with Gasteiger partial charge in [-0.25, -0.2) is 9.18 Å². The van der Waals surface area contributed by atoms with E-state index in [1.807, 2.05) is 25.1 Å². The topological polar surface area (TPSA) is 97.0 Å². The molecule has 0 radical (unpaired) electrons. The highest BCUT2D eigenvalue weighted by atomic mass is 19.1. The molecule has 1 saturated heterocycles. The maximum Gasteiger partial charge on any atom is 0.323 e. The fourth-order valence-corrected chi connectivity index (χ4v) is 4.86. The Hall–Kier alpha value is -4.40. The third-order valence-electron chi connectivity index (χ3n) is 6.73. The Balaban J connectivity index is 1.69. The molecule has 3 amide bonds. The minimum absolute atomic E-state index is 0.0754. The molecule has 0 spiro atoms. The van der Waals surface area contributed by atoms with Crippen molar-refractivity contribution < 1.29 is 28.2 Å². The summed E-state index contributed by atoms with van der Waals surface area (Å²) in [5, 5.41) is 5.74. The highest BCUT2D eigenvalue weighted by molar-refractivity contribution is 5.96. The number of anilines is 1. The van der Waals surface area contributed by atoms with E-state index >= 15 is 0 Å². The second-order valence-electron chi connectivity index (χ2n) is 9.38. The molecule has 1 heterocycles. The average Bonchev–Trinajstić information content (AvgIpc) is 3.34. The summed E-state index contributed by atoms with van der Waals surface area (Å²) in [5.41, 5.74) is 2.90. The van der Waals surface area contributed by atoms with Gasteiger partial charge in [-0.15, -0.1) is 0 Å². The number of likely N-dealkylation sites (tertiary alicyclic amines) is 1. The van der Waals surface area contributed by atoms with E-state index in [1.165, 1.54) is 17.0 Å². The number of ether oxygens (including phenoxy) is 2. The van der Waals surface area contributed by atoms with Gasteiger partial charge in [0.05, 0.1) is 25.7 Å². The summed E-state index contributed by atoms with van der Waals surface area (Å²) in [6, 6.07) is 17.9. The minimum atomic E-state index is -0.961. The Bertz CT molecular complexity index is 1310. The summed E-state index contributed by atoms with van der Waals surface area (Å²) in [6.45, 7) is 3.93. The number of hydrogen-bond donors (Lipinski definition) is 2. The smallest absolute Gasteiger partial charge is 0.323 e. The standard InChI is InChI=1S/C30H32FN3O5/c1-4-39-29(36)25-17-26(28(35)32-18-20-8-12-22(31)13-9-20)34(27(25)21-10-14-24(38-3)15-11-21)30(37)33-23-7-5-6-19(2)16-23/h5-16,25-27H,4,17-18H2,1-3H3,(H,32,35)(H,33,37). The molecule has 1 aliphatic heterocycles. The number of methoxy groups -OCH3 is 1. The molecule has 0 bridgehead atoms. The number of nitrogens with zero attached hydrogens (tertiary/aromatic N) is 1. The molecule has 204 valence electrons. The molecule has 1 aliphatic rings. The Kier molecular flexibility index (Phi) is 8.81. The number of carbonyl (C=O) groups is 3. The van der Waals surface area contributed by atoms with Crippen LogP contribution in [0.4, 0.5) is 14.9 Å². The number of hydrogen-bond acceptors (Lipinski definition) is 5. The van der Waals surface area contributed by atoms with Crippen molar-refractivity contribution in [1.82, 2.24) is 10.2 Å². The Morgan fingerprint density at radius 1 is 1.03 bits per heavy atom. The second-order valence-corrected chi connectivity index (χ2v) is 9.38. The Labute approximate surface area is 227 Å². The number of benzene rings is 3. The summed E-state index contributed by atoms with van der Waals surface area (Å²) in [6.07, 6.45) is 0.0754. The number of amides is 3. The molecule has 3 aromatic rings. The van der Waals surface area contributed by atoms with E-state index in [9.17, 15) is 18.8 Å². The van der Waals surface area contributed by atoms with Crippen LogP contribution in [0.25, 0.3) is 0 Å². The molecule has 0 aromatic heterocycles. The maximum absolute atomic E-state index is 13.8. The van der Waals surface area contributed by atoms with Crippen LogP contribution in [0.15, 0.2) is 72.8 Å². The Morgan fingerprint density at radius 2 is 1.74 bits per heavy atom. The quantitative estimate of drug-likeness (QED) is 0.398. The van der Waals surface area contributed by atoms with Gasteiger partial charge in [0.2, 0.25) is 5.91 Å². The minimum Gasteiger partial charge on any atom is -0.497 e. The van der Waals surface area contributed by atoms with Crippen LogP contribution in [0.2, 0.25) is 0 Å². The summed E-state index contributed by atoms with van der Waals surface area (Å²) < 4.78 is 24.0. The highest BCUT2D eigenvalue weighted by Gasteiger charge is 2.51. The monoisotopic (exact) mass is 533 g/mol. The van der Waals surface area contributed by atoms with Crippen LogP contribution < -0.4 is 15.4 Å². The summed E-state index contributed by atoms with van der Waals surface area (Å²) in [4.78, 5) is 41.9. The first-order chi connectivity index (χ1) is 18.8. The number of esters is 1. The zero-order chi connectivity index (χ0) is 27.9. The van der Waals surface area contributed by atoms with Gasteiger partial charge >= 0.3 is 12.0 Å². The van der Waals surface area contributed by atoms with Crippen LogP contribution in [0.3, 0.4) is 0 Å². The summed E-state index contributed by atoms with van der Waals surface area (Å²) >= 11 is 0. The number of rotatable bonds is 8. The lowest BCUT2D eigenvalue weighted by Crippen LogP contribution is -2.48. The van der Waals surface area contributed by atoms with Gasteiger partial charge in [0.1, 0.15) is 17.6 Å². The van der Waals surface area contributed by atoms with Gasteiger partial charge in [0, 0.05) is 12.2 Å². The van der Waals surface area contributed by atoms with Gasteiger partial charge in [-0.1, -0.05) is 36.4 Å². The van der Waals surface area contributed by atoms with E-state index in [4.69, 9.17) is 9.47 Å². The number of carbonyl (C=O) groups excluding carboxylic acids is 3. The fraction of sp³-hybridized carbons (Fsp3) is 0.300. The van der Waals surface area contributed by atoms with Gasteiger partial charge in [0.15, 0.2) is 0 Å². The zero-order valence-electron chi connectivity index (χ0n) is 22.1. The van der Waals surface area contributed by atoms with Gasteiger partial charge in [-0.05, 0) is 73.4 Å². The molecule has 4 rings (SSSR count). The van der Waals surface area contributed by atoms with E-state index in [0.29, 0.717) is 22.6 Å². The molecule has 0 saturated carbocycles. The fourth-order valence-electron chi connectivity index (χ4n) is 4.86. The van der Waals surface area contributed by atoms with Crippen molar-refractivity contribution in [2.75, 3.05) is 19.0 Å². The lowest BCUT2D eigenvalue weighted by molar-refractivity contribution is -0.148. The first-order valence-corrected chi connectivity index (χ1v) is 12.8. The third kappa shape index (κ3) is 6.54. The molecule has 3 unspecified atom stereocenters. The van der Waals surface area contributed by atoms with Crippen molar-refractivity contribution in [3.05, 3.63) is 95.3 Å². The normalized spacial score (nSPS) is 18.4. The zero-order valence-corrected chi connectivity index (χ0v) is 22.1. The molecule has 3 aromatic carbocycles. The van der Waals surface area contributed by atoms with Crippen molar-refractivity contribution in [3.8, 4) is 5.75 Å². The molecular formula is C30H32FN3O5. The third-order valence-corrected chi connectivity index (χ3v) is 6.73. The molecular weight excluding hydrogens is 501 g/mol. The van der Waals surface area contributed by atoms with E-state index in [2.05, 4.69) is 10.6 Å². The first-order valence-electron chi connectivity index (χ1n) is 12.8. The van der Waals surface area contributed by atoms with Gasteiger partial charge < -0.3 is 25.0 Å². The van der Waals surface area contributed by atoms with E-state index in [0.717, 1.165) is 5.56 Å². The van der Waals surface area contributed by atoms with Crippen LogP contribution in [-0.4, -0.2) is 42.6 Å². The predicted octanol–water partition coefficient (Wildman–Crippen LogP) is 4.99. The summed E-state index contributed by atoms with van der Waals surface area (Å²) in [7, 11) is 1.55. The second kappa shape index (κ2) is 12.4. The van der Waals surface area contributed by atoms with Crippen molar-refractivity contribution >= 4 is 23.6 Å². The lowest BCUT2D eigenvalue weighted by atomic mass is 9.93. The largest absolute Gasteiger partial charge is 0.497 e. The molecule has 2 N–H and O–H groups in total. The van der Waals surface area contributed by atoms with E-state index in [-0.39, 0.29) is 25.4 Å². The van der Waals surface area contributed by atoms with Crippen molar-refractivity contribution in [2.24, 2.45) is 5.92 Å². The highest BCUT2D eigenvalue weighted by Crippen LogP contribution is 2.43. The van der Waals surface area contributed by atoms with Gasteiger partial charge in [-0.3, -0.25) is 9.59 Å². The van der Waals surface area contributed by atoms with Gasteiger partial charge in [0.25, 0.3) is 0 Å². The van der Waals surface area contributed by atoms with Gasteiger partial charge in [-0.2, -0.15) is 0 Å². The molecule has 39 heavy (non-hydrogen) atoms. The molecule has 9 heteroatoms. The molecule has 3 atom stereocenters. The van der Waals surface area contributed by atoms with Crippen molar-refractivity contribution in [3.63, 3.8) is 0 Å². The number of halogens is 1. The molecule has 8 nitrogen and oxygen atoms in total. The average molecular weight is 534 g/mol.